The predicted molar refractivity (Wildman–Crippen MR) is 204 cm³/mol. The minimum Gasteiger partial charge on any atom is -0.619 e. The van der Waals surface area contributed by atoms with E-state index in [1.807, 2.05) is 4.90 Å². The summed E-state index contributed by atoms with van der Waals surface area (Å²) in [4.78, 5) is 52.7. The molecule has 2 aromatic carbocycles. The zero-order chi connectivity index (χ0) is 44.8. The number of fused-ring (bicyclic) bond motifs is 1. The Labute approximate surface area is 354 Å². The Morgan fingerprint density at radius 2 is 1.69 bits per heavy atom. The lowest BCUT2D eigenvalue weighted by Gasteiger charge is -2.30. The molecule has 2 aliphatic heterocycles. The van der Waals surface area contributed by atoms with Crippen molar-refractivity contribution in [2.24, 2.45) is 5.92 Å². The molecule has 2 amide bonds. The summed E-state index contributed by atoms with van der Waals surface area (Å²) < 4.78 is 107. The van der Waals surface area contributed by atoms with Crippen LogP contribution in [0.5, 0.6) is 11.5 Å². The topological polar surface area (TPSA) is 196 Å². The van der Waals surface area contributed by atoms with Gasteiger partial charge in [0.05, 0.1) is 42.9 Å². The van der Waals surface area contributed by atoms with Crippen LogP contribution >= 0.6 is 23.2 Å². The van der Waals surface area contributed by atoms with E-state index >= 15 is 0 Å². The van der Waals surface area contributed by atoms with Gasteiger partial charge < -0.3 is 29.3 Å². The van der Waals surface area contributed by atoms with Crippen molar-refractivity contribution in [3.63, 3.8) is 0 Å². The molecule has 1 aliphatic carbocycles. The van der Waals surface area contributed by atoms with Crippen molar-refractivity contribution in [2.75, 3.05) is 63.1 Å². The number of carboxylic acid groups (broad SMARTS) is 1. The number of ether oxygens (including phenoxy) is 4. The first-order valence-electron chi connectivity index (χ1n) is 18.2. The third kappa shape index (κ3) is 12.5. The standard InChI is InChI=1S/C35H36Cl2F2N4O10S.C2HF3O2/c1-54(48,49)43(10-9-40-11-13-50-14-12-40)27-4-2-3-23-32(27)34(46)42(33(23)45)19-31(44)52-29(16-24-25(36)17-41(47)18-26(24)37)22-7-8-28(53-35(38)39)30(15-22)51-20-21-5-6-21;3-2(4,5)1(6)7/h2-4,7-8,15,17-18,21,29,35H,5-6,9-14,16,19-20H2,1H3;(H,6,7). The summed E-state index contributed by atoms with van der Waals surface area (Å²) in [6, 6.07) is 8.19. The van der Waals surface area contributed by atoms with Gasteiger partial charge in [-0.05, 0) is 48.6 Å². The van der Waals surface area contributed by atoms with Gasteiger partial charge in [0, 0.05) is 38.2 Å². The molecule has 1 saturated carbocycles. The number of esters is 1. The quantitative estimate of drug-likeness (QED) is 0.0673. The number of amides is 2. The Bertz CT molecular complexity index is 2220. The Kier molecular flexibility index (Phi) is 15.2. The van der Waals surface area contributed by atoms with E-state index in [1.54, 1.807) is 0 Å². The van der Waals surface area contributed by atoms with Crippen LogP contribution in [0.4, 0.5) is 27.6 Å². The number of rotatable bonds is 16. The highest BCUT2D eigenvalue weighted by molar-refractivity contribution is 7.92. The van der Waals surface area contributed by atoms with Crippen molar-refractivity contribution in [2.45, 2.75) is 38.2 Å². The van der Waals surface area contributed by atoms with Crippen LogP contribution in [-0.2, 0) is 35.5 Å². The second-order valence-corrected chi connectivity index (χ2v) is 16.5. The highest BCUT2D eigenvalue weighted by Crippen LogP contribution is 2.38. The molecule has 2 fully saturated rings. The first-order valence-corrected chi connectivity index (χ1v) is 20.8. The maximum Gasteiger partial charge on any atom is 0.490 e. The fourth-order valence-electron chi connectivity index (χ4n) is 6.18. The van der Waals surface area contributed by atoms with E-state index < -0.39 is 59.2 Å². The van der Waals surface area contributed by atoms with Crippen molar-refractivity contribution in [1.29, 1.82) is 0 Å². The van der Waals surface area contributed by atoms with Crippen LogP contribution in [-0.4, -0.2) is 119 Å². The van der Waals surface area contributed by atoms with Crippen molar-refractivity contribution >= 4 is 62.7 Å². The number of halogens is 7. The Morgan fingerprint density at radius 3 is 2.26 bits per heavy atom. The molecule has 61 heavy (non-hydrogen) atoms. The maximum atomic E-state index is 13.9. The number of hydrogen-bond acceptors (Lipinski definition) is 12. The number of benzene rings is 2. The van der Waals surface area contributed by atoms with Gasteiger partial charge in [0.1, 0.15) is 22.7 Å². The number of carbonyl (C=O) groups is 4. The predicted octanol–water partition coefficient (Wildman–Crippen LogP) is 4.87. The van der Waals surface area contributed by atoms with Gasteiger partial charge in [0.25, 0.3) is 11.8 Å². The molecule has 332 valence electrons. The molecule has 0 spiro atoms. The van der Waals surface area contributed by atoms with Crippen molar-refractivity contribution < 1.29 is 78.3 Å². The van der Waals surface area contributed by atoms with E-state index in [0.29, 0.717) is 42.5 Å². The number of aliphatic carboxylic acids is 1. The third-order valence-corrected chi connectivity index (χ3v) is 11.2. The Hall–Kier alpha value is -5.03. The molecule has 3 aliphatic rings. The fraction of sp³-hybridized carbons (Fsp3) is 0.432. The van der Waals surface area contributed by atoms with E-state index in [1.165, 1.54) is 36.4 Å². The molecule has 3 aromatic rings. The number of hydrogen-bond donors (Lipinski definition) is 1. The second-order valence-electron chi connectivity index (χ2n) is 13.8. The van der Waals surface area contributed by atoms with Gasteiger partial charge in [-0.25, -0.2) is 13.2 Å². The van der Waals surface area contributed by atoms with Crippen LogP contribution < -0.4 is 18.5 Å². The molecule has 16 nitrogen and oxygen atoms in total. The number of sulfonamides is 1. The lowest BCUT2D eigenvalue weighted by atomic mass is 10.0. The van der Waals surface area contributed by atoms with Gasteiger partial charge in [0.2, 0.25) is 10.0 Å². The molecule has 1 unspecified atom stereocenters. The second kappa shape index (κ2) is 19.8. The average molecular weight is 928 g/mol. The molecule has 1 saturated heterocycles. The number of morpholine rings is 1. The molecular formula is C37H37Cl2F5N4O12S. The van der Waals surface area contributed by atoms with Crippen molar-refractivity contribution in [3.8, 4) is 11.5 Å². The summed E-state index contributed by atoms with van der Waals surface area (Å²) in [5.74, 6) is -5.61. The Balaban J connectivity index is 0.000000925. The van der Waals surface area contributed by atoms with Crippen LogP contribution in [0.3, 0.4) is 0 Å². The lowest BCUT2D eigenvalue weighted by molar-refractivity contribution is -0.605. The van der Waals surface area contributed by atoms with E-state index in [-0.39, 0.29) is 75.0 Å². The van der Waals surface area contributed by atoms with Crippen LogP contribution in [0.15, 0.2) is 48.8 Å². The van der Waals surface area contributed by atoms with Gasteiger partial charge in [-0.1, -0.05) is 35.3 Å². The number of imide groups is 1. The molecule has 24 heteroatoms. The van der Waals surface area contributed by atoms with Gasteiger partial charge >= 0.3 is 24.7 Å². The molecule has 0 radical (unpaired) electrons. The summed E-state index contributed by atoms with van der Waals surface area (Å²) in [7, 11) is -3.93. The average Bonchev–Trinajstić information content (AvgIpc) is 3.97. The minimum atomic E-state index is -5.08. The van der Waals surface area contributed by atoms with Gasteiger partial charge in [0.15, 0.2) is 23.9 Å². The zero-order valence-electron chi connectivity index (χ0n) is 31.9. The molecule has 0 bridgehead atoms. The first kappa shape index (κ1) is 47.0. The van der Waals surface area contributed by atoms with Crippen molar-refractivity contribution in [3.05, 3.63) is 86.3 Å². The first-order chi connectivity index (χ1) is 28.6. The van der Waals surface area contributed by atoms with Crippen LogP contribution in [0, 0.1) is 11.1 Å². The normalized spacial score (nSPS) is 16.1. The highest BCUT2D eigenvalue weighted by atomic mass is 35.5. The molecule has 1 N–H and O–H groups in total. The van der Waals surface area contributed by atoms with Gasteiger partial charge in [-0.2, -0.15) is 26.7 Å². The summed E-state index contributed by atoms with van der Waals surface area (Å²) in [6.07, 6.45) is -1.65. The fourth-order valence-corrected chi connectivity index (χ4v) is 7.70. The van der Waals surface area contributed by atoms with Gasteiger partial charge in [-0.3, -0.25) is 28.5 Å². The summed E-state index contributed by atoms with van der Waals surface area (Å²) >= 11 is 12.7. The monoisotopic (exact) mass is 926 g/mol. The summed E-state index contributed by atoms with van der Waals surface area (Å²) in [5, 5.41) is 18.9. The van der Waals surface area contributed by atoms with Gasteiger partial charge in [-0.15, -0.1) is 0 Å². The highest BCUT2D eigenvalue weighted by Gasteiger charge is 2.41. The largest absolute Gasteiger partial charge is 0.619 e. The third-order valence-electron chi connectivity index (χ3n) is 9.35. The Morgan fingerprint density at radius 1 is 1.05 bits per heavy atom. The number of carboxylic acids is 1. The SMILES string of the molecule is CS(=O)(=O)N(CCN1CCOCC1)c1cccc2c1C(=O)N(CC(=O)OC(Cc1c(Cl)c[n+]([O-])cc1Cl)c1ccc(OC(F)F)c(OCC3CC3)c1)C2=O.O=C(O)C(F)(F)F. The molecule has 3 heterocycles. The van der Waals surface area contributed by atoms with E-state index in [2.05, 4.69) is 4.74 Å². The maximum absolute atomic E-state index is 13.9. The van der Waals surface area contributed by atoms with E-state index in [4.69, 9.17) is 47.3 Å². The summed E-state index contributed by atoms with van der Waals surface area (Å²) in [5.41, 5.74) is 0.155. The molecular weight excluding hydrogens is 890 g/mol. The van der Waals surface area contributed by atoms with Crippen molar-refractivity contribution in [1.82, 2.24) is 9.80 Å². The smallest absolute Gasteiger partial charge is 0.490 e. The van der Waals surface area contributed by atoms with Crippen LogP contribution in [0.1, 0.15) is 50.8 Å². The number of anilines is 1. The van der Waals surface area contributed by atoms with Crippen LogP contribution in [0.2, 0.25) is 10.0 Å². The molecule has 1 atom stereocenters. The van der Waals surface area contributed by atoms with E-state index in [0.717, 1.165) is 35.8 Å². The molecule has 6 rings (SSSR count). The van der Waals surface area contributed by atoms with Crippen LogP contribution in [0.25, 0.3) is 0 Å². The number of alkyl halides is 5. The number of carbonyl (C=O) groups excluding carboxylic acids is 3. The lowest BCUT2D eigenvalue weighted by Crippen LogP contribution is -2.43. The summed E-state index contributed by atoms with van der Waals surface area (Å²) in [6.45, 7) is -1.26. The minimum absolute atomic E-state index is 0.00900. The zero-order valence-corrected chi connectivity index (χ0v) is 34.2. The number of aromatic nitrogens is 1. The molecule has 1 aromatic heterocycles. The number of nitrogens with zero attached hydrogens (tertiary/aromatic N) is 4. The number of pyridine rings is 1. The van der Waals surface area contributed by atoms with E-state index in [9.17, 15) is 50.0 Å².